The average Bonchev–Trinajstić information content (AvgIpc) is 2.16. The van der Waals surface area contributed by atoms with E-state index >= 15 is 0 Å². The minimum atomic E-state index is -3.25. The molecule has 1 aliphatic rings. The molecule has 0 aromatic carbocycles. The molecule has 0 fully saturated rings. The summed E-state index contributed by atoms with van der Waals surface area (Å²) in [6, 6.07) is 1.52. The van der Waals surface area contributed by atoms with Crippen molar-refractivity contribution in [1.82, 2.24) is 4.98 Å². The zero-order valence-corrected chi connectivity index (χ0v) is 11.1. The van der Waals surface area contributed by atoms with E-state index in [-0.39, 0.29) is 5.03 Å². The maximum atomic E-state index is 11.3. The van der Waals surface area contributed by atoms with Gasteiger partial charge in [-0.05, 0) is 35.4 Å². The van der Waals surface area contributed by atoms with Gasteiger partial charge >= 0.3 is 0 Å². The van der Waals surface area contributed by atoms with E-state index in [4.69, 9.17) is 4.74 Å². The van der Waals surface area contributed by atoms with E-state index in [0.29, 0.717) is 12.4 Å². The number of hydrogen-bond donors (Lipinski definition) is 0. The van der Waals surface area contributed by atoms with Crippen LogP contribution in [0, 0.1) is 3.70 Å². The van der Waals surface area contributed by atoms with Gasteiger partial charge < -0.3 is 4.74 Å². The average molecular weight is 339 g/mol. The molecule has 0 aliphatic carbocycles. The second kappa shape index (κ2) is 3.89. The quantitative estimate of drug-likeness (QED) is 0.574. The summed E-state index contributed by atoms with van der Waals surface area (Å²) in [4.78, 5) is 4.08. The van der Waals surface area contributed by atoms with Gasteiger partial charge in [0.15, 0.2) is 14.9 Å². The molecule has 15 heavy (non-hydrogen) atoms. The van der Waals surface area contributed by atoms with Crippen LogP contribution in [0.4, 0.5) is 0 Å². The normalized spacial score (nSPS) is 15.6. The predicted molar refractivity (Wildman–Crippen MR) is 63.9 cm³/mol. The summed E-state index contributed by atoms with van der Waals surface area (Å²) >= 11 is 2.05. The van der Waals surface area contributed by atoms with Crippen molar-refractivity contribution < 1.29 is 13.2 Å². The van der Waals surface area contributed by atoms with E-state index in [0.717, 1.165) is 28.4 Å². The monoisotopic (exact) mass is 339 g/mol. The van der Waals surface area contributed by atoms with Crippen LogP contribution in [0.3, 0.4) is 0 Å². The van der Waals surface area contributed by atoms with Crippen LogP contribution in [-0.2, 0) is 16.3 Å². The predicted octanol–water partition coefficient (Wildman–Crippen LogP) is 1.41. The van der Waals surface area contributed by atoms with Gasteiger partial charge in [-0.3, -0.25) is 0 Å². The van der Waals surface area contributed by atoms with E-state index in [1.165, 1.54) is 6.07 Å². The first kappa shape index (κ1) is 11.1. The van der Waals surface area contributed by atoms with E-state index in [9.17, 15) is 8.42 Å². The van der Waals surface area contributed by atoms with Gasteiger partial charge in [0.2, 0.25) is 0 Å². The molecule has 0 atom stereocenters. The molecule has 82 valence electrons. The standard InChI is InChI=1S/C9H10INO3S/c1-15(12,13)8-5-7-6(9(10)11-8)3-2-4-14-7/h5H,2-4H2,1H3. The molecular weight excluding hydrogens is 329 g/mol. The molecule has 0 saturated heterocycles. The van der Waals surface area contributed by atoms with Crippen molar-refractivity contribution in [2.75, 3.05) is 12.9 Å². The van der Waals surface area contributed by atoms with Gasteiger partial charge in [-0.2, -0.15) is 0 Å². The molecule has 0 spiro atoms. The molecule has 4 nitrogen and oxygen atoms in total. The van der Waals surface area contributed by atoms with Crippen molar-refractivity contribution in [3.05, 3.63) is 15.3 Å². The maximum absolute atomic E-state index is 11.3. The lowest BCUT2D eigenvalue weighted by molar-refractivity contribution is 0.285. The molecule has 0 bridgehead atoms. The largest absolute Gasteiger partial charge is 0.493 e. The molecule has 0 saturated carbocycles. The van der Waals surface area contributed by atoms with Crippen LogP contribution in [0.5, 0.6) is 5.75 Å². The van der Waals surface area contributed by atoms with E-state index in [1.54, 1.807) is 0 Å². The zero-order valence-electron chi connectivity index (χ0n) is 8.16. The summed E-state index contributed by atoms with van der Waals surface area (Å²) in [6.07, 6.45) is 3.02. The third-order valence-corrected chi connectivity index (χ3v) is 4.08. The first-order valence-electron chi connectivity index (χ1n) is 4.51. The van der Waals surface area contributed by atoms with Crippen molar-refractivity contribution >= 4 is 32.4 Å². The molecule has 2 heterocycles. The fourth-order valence-corrected chi connectivity index (χ4v) is 3.01. The first-order chi connectivity index (χ1) is 6.98. The van der Waals surface area contributed by atoms with Crippen LogP contribution in [0.25, 0.3) is 0 Å². The third-order valence-electron chi connectivity index (χ3n) is 2.22. The summed E-state index contributed by atoms with van der Waals surface area (Å²) in [6.45, 7) is 0.649. The number of ether oxygens (including phenoxy) is 1. The van der Waals surface area contributed by atoms with Crippen molar-refractivity contribution in [2.45, 2.75) is 17.9 Å². The number of hydrogen-bond acceptors (Lipinski definition) is 4. The Labute approximate surface area is 102 Å². The molecule has 2 rings (SSSR count). The van der Waals surface area contributed by atoms with Gasteiger partial charge in [0.25, 0.3) is 0 Å². The number of sulfone groups is 1. The Morgan fingerprint density at radius 2 is 2.27 bits per heavy atom. The summed E-state index contributed by atoms with van der Waals surface area (Å²) in [7, 11) is -3.25. The Balaban J connectivity index is 2.60. The van der Waals surface area contributed by atoms with Crippen molar-refractivity contribution in [1.29, 1.82) is 0 Å². The van der Waals surface area contributed by atoms with E-state index in [1.807, 2.05) is 0 Å². The highest BCUT2D eigenvalue weighted by atomic mass is 127. The SMILES string of the molecule is CS(=O)(=O)c1cc2c(c(I)n1)CCCO2. The molecule has 0 amide bonds. The maximum Gasteiger partial charge on any atom is 0.192 e. The molecule has 1 aliphatic heterocycles. The van der Waals surface area contributed by atoms with Gasteiger partial charge in [0.1, 0.15) is 9.45 Å². The highest BCUT2D eigenvalue weighted by molar-refractivity contribution is 14.1. The van der Waals surface area contributed by atoms with Crippen LogP contribution < -0.4 is 4.74 Å². The molecule has 1 aromatic rings. The fourth-order valence-electron chi connectivity index (χ4n) is 1.47. The minimum Gasteiger partial charge on any atom is -0.493 e. The zero-order chi connectivity index (χ0) is 11.1. The van der Waals surface area contributed by atoms with Crippen LogP contribution >= 0.6 is 22.6 Å². The topological polar surface area (TPSA) is 56.3 Å². The second-order valence-corrected chi connectivity index (χ2v) is 6.44. The van der Waals surface area contributed by atoms with Crippen molar-refractivity contribution in [2.24, 2.45) is 0 Å². The molecule has 0 radical (unpaired) electrons. The number of aromatic nitrogens is 1. The van der Waals surface area contributed by atoms with E-state index < -0.39 is 9.84 Å². The van der Waals surface area contributed by atoms with Gasteiger partial charge in [-0.1, -0.05) is 0 Å². The summed E-state index contributed by atoms with van der Waals surface area (Å²) in [5.74, 6) is 0.668. The fraction of sp³-hybridized carbons (Fsp3) is 0.444. The van der Waals surface area contributed by atoms with Gasteiger partial charge in [-0.25, -0.2) is 13.4 Å². The lowest BCUT2D eigenvalue weighted by Gasteiger charge is -2.18. The number of fused-ring (bicyclic) bond motifs is 1. The van der Waals surface area contributed by atoms with Crippen LogP contribution in [0.1, 0.15) is 12.0 Å². The van der Waals surface area contributed by atoms with Crippen molar-refractivity contribution in [3.8, 4) is 5.75 Å². The van der Waals surface area contributed by atoms with Gasteiger partial charge in [-0.15, -0.1) is 0 Å². The lowest BCUT2D eigenvalue weighted by atomic mass is 10.1. The highest BCUT2D eigenvalue weighted by Crippen LogP contribution is 2.29. The Bertz CT molecular complexity index is 498. The Hall–Kier alpha value is -0.370. The summed E-state index contributed by atoms with van der Waals surface area (Å²) in [5, 5.41) is 0.0903. The second-order valence-electron chi connectivity index (χ2n) is 3.45. The summed E-state index contributed by atoms with van der Waals surface area (Å²) in [5.41, 5.74) is 1.02. The molecular formula is C9H10INO3S. The van der Waals surface area contributed by atoms with Crippen molar-refractivity contribution in [3.63, 3.8) is 0 Å². The van der Waals surface area contributed by atoms with Gasteiger partial charge in [0, 0.05) is 17.9 Å². The molecule has 0 unspecified atom stereocenters. The Kier molecular flexibility index (Phi) is 2.89. The Morgan fingerprint density at radius 3 is 2.93 bits per heavy atom. The lowest BCUT2D eigenvalue weighted by Crippen LogP contribution is -2.13. The molecule has 0 N–H and O–H groups in total. The number of halogens is 1. The minimum absolute atomic E-state index is 0.0903. The highest BCUT2D eigenvalue weighted by Gasteiger charge is 2.19. The smallest absolute Gasteiger partial charge is 0.192 e. The molecule has 6 heteroatoms. The van der Waals surface area contributed by atoms with E-state index in [2.05, 4.69) is 27.6 Å². The van der Waals surface area contributed by atoms with Gasteiger partial charge in [0.05, 0.1) is 6.61 Å². The first-order valence-corrected chi connectivity index (χ1v) is 7.48. The number of rotatable bonds is 1. The van der Waals surface area contributed by atoms with Crippen LogP contribution in [0.15, 0.2) is 11.1 Å². The third kappa shape index (κ3) is 2.25. The molecule has 1 aromatic heterocycles. The van der Waals surface area contributed by atoms with Crippen LogP contribution in [0.2, 0.25) is 0 Å². The Morgan fingerprint density at radius 1 is 1.53 bits per heavy atom. The van der Waals surface area contributed by atoms with Crippen LogP contribution in [-0.4, -0.2) is 26.3 Å². The summed E-state index contributed by atoms with van der Waals surface area (Å²) < 4.78 is 28.9. The number of nitrogens with zero attached hydrogens (tertiary/aromatic N) is 1. The number of pyridine rings is 1.